The quantitative estimate of drug-likeness (QED) is 0.416. The van der Waals surface area contributed by atoms with Gasteiger partial charge in [-0.1, -0.05) is 33.1 Å². The molecule has 1 atom stereocenters. The van der Waals surface area contributed by atoms with Gasteiger partial charge in [0.05, 0.1) is 6.04 Å². The van der Waals surface area contributed by atoms with Crippen molar-refractivity contribution in [2.24, 2.45) is 5.73 Å². The molecule has 0 radical (unpaired) electrons. The van der Waals surface area contributed by atoms with E-state index in [9.17, 15) is 10.2 Å². The lowest BCUT2D eigenvalue weighted by molar-refractivity contribution is -0.179. The summed E-state index contributed by atoms with van der Waals surface area (Å²) < 4.78 is 0. The third-order valence-electron chi connectivity index (χ3n) is 2.23. The maximum atomic E-state index is 9.32. The van der Waals surface area contributed by atoms with E-state index in [1.807, 2.05) is 0 Å². The Morgan fingerprint density at radius 1 is 1.25 bits per heavy atom. The van der Waals surface area contributed by atoms with E-state index in [1.54, 1.807) is 6.92 Å². The number of hydrogen-bond donors (Lipinski definition) is 3. The van der Waals surface area contributed by atoms with Crippen LogP contribution in [-0.2, 0) is 0 Å². The number of rotatable bonds is 6. The molecule has 0 bridgehead atoms. The van der Waals surface area contributed by atoms with E-state index in [1.165, 1.54) is 0 Å². The second kappa shape index (κ2) is 5.51. The Morgan fingerprint density at radius 3 is 2.25 bits per heavy atom. The SMILES string of the molecule is CCCCCC(N)C(O)(O)CC. The van der Waals surface area contributed by atoms with Gasteiger partial charge >= 0.3 is 0 Å². The Hall–Kier alpha value is -0.120. The first-order chi connectivity index (χ1) is 5.54. The summed E-state index contributed by atoms with van der Waals surface area (Å²) in [5, 5.41) is 18.6. The zero-order valence-corrected chi connectivity index (χ0v) is 8.08. The van der Waals surface area contributed by atoms with Gasteiger partial charge in [0.15, 0.2) is 5.79 Å². The van der Waals surface area contributed by atoms with Gasteiger partial charge in [-0.3, -0.25) is 0 Å². The van der Waals surface area contributed by atoms with Crippen LogP contribution in [0.2, 0.25) is 0 Å². The van der Waals surface area contributed by atoms with Crippen LogP contribution in [0.3, 0.4) is 0 Å². The van der Waals surface area contributed by atoms with E-state index in [2.05, 4.69) is 6.92 Å². The third-order valence-corrected chi connectivity index (χ3v) is 2.23. The molecule has 3 nitrogen and oxygen atoms in total. The van der Waals surface area contributed by atoms with Crippen molar-refractivity contribution in [3.8, 4) is 0 Å². The standard InChI is InChI=1S/C9H21NO2/c1-3-5-6-7-8(10)9(11,12)4-2/h8,11-12H,3-7,10H2,1-2H3. The molecule has 0 amide bonds. The second-order valence-corrected chi connectivity index (χ2v) is 3.33. The number of aliphatic hydroxyl groups is 2. The minimum absolute atomic E-state index is 0.292. The Morgan fingerprint density at radius 2 is 1.83 bits per heavy atom. The highest BCUT2D eigenvalue weighted by atomic mass is 16.5. The van der Waals surface area contributed by atoms with Gasteiger partial charge in [-0.2, -0.15) is 0 Å². The van der Waals surface area contributed by atoms with Gasteiger partial charge in [0.2, 0.25) is 0 Å². The molecule has 1 unspecified atom stereocenters. The largest absolute Gasteiger partial charge is 0.364 e. The van der Waals surface area contributed by atoms with E-state index in [4.69, 9.17) is 5.73 Å². The minimum Gasteiger partial charge on any atom is -0.364 e. The van der Waals surface area contributed by atoms with Crippen molar-refractivity contribution in [3.63, 3.8) is 0 Å². The Kier molecular flexibility index (Phi) is 5.46. The van der Waals surface area contributed by atoms with Crippen molar-refractivity contribution < 1.29 is 10.2 Å². The van der Waals surface area contributed by atoms with E-state index in [0.29, 0.717) is 12.8 Å². The Bertz CT molecular complexity index is 115. The van der Waals surface area contributed by atoms with Gasteiger partial charge in [-0.15, -0.1) is 0 Å². The molecule has 0 aliphatic heterocycles. The summed E-state index contributed by atoms with van der Waals surface area (Å²) in [5.74, 6) is -1.67. The van der Waals surface area contributed by atoms with Crippen LogP contribution in [0.5, 0.6) is 0 Å². The molecule has 74 valence electrons. The van der Waals surface area contributed by atoms with Crippen molar-refractivity contribution in [2.75, 3.05) is 0 Å². The highest BCUT2D eigenvalue weighted by Crippen LogP contribution is 2.14. The fraction of sp³-hybridized carbons (Fsp3) is 1.00. The molecule has 0 aromatic rings. The molecular formula is C9H21NO2. The predicted molar refractivity (Wildman–Crippen MR) is 49.6 cm³/mol. The van der Waals surface area contributed by atoms with Crippen LogP contribution in [0.25, 0.3) is 0 Å². The van der Waals surface area contributed by atoms with Gasteiger partial charge in [0.25, 0.3) is 0 Å². The molecule has 0 fully saturated rings. The van der Waals surface area contributed by atoms with Crippen LogP contribution >= 0.6 is 0 Å². The molecule has 0 aromatic carbocycles. The molecule has 0 rings (SSSR count). The molecule has 3 heteroatoms. The van der Waals surface area contributed by atoms with E-state index in [0.717, 1.165) is 19.3 Å². The summed E-state index contributed by atoms with van der Waals surface area (Å²) in [6.45, 7) is 3.83. The molecule has 0 saturated heterocycles. The first kappa shape index (κ1) is 11.9. The average molecular weight is 175 g/mol. The maximum absolute atomic E-state index is 9.32. The molecule has 0 heterocycles. The molecule has 0 aliphatic carbocycles. The van der Waals surface area contributed by atoms with Crippen molar-refractivity contribution in [3.05, 3.63) is 0 Å². The van der Waals surface area contributed by atoms with Crippen molar-refractivity contribution >= 4 is 0 Å². The summed E-state index contributed by atoms with van der Waals surface area (Å²) in [4.78, 5) is 0. The van der Waals surface area contributed by atoms with Gasteiger partial charge in [-0.25, -0.2) is 0 Å². The second-order valence-electron chi connectivity index (χ2n) is 3.33. The Balaban J connectivity index is 3.63. The van der Waals surface area contributed by atoms with Crippen LogP contribution in [0.15, 0.2) is 0 Å². The lowest BCUT2D eigenvalue weighted by Crippen LogP contribution is -2.47. The summed E-state index contributed by atoms with van der Waals surface area (Å²) in [5.41, 5.74) is 5.60. The van der Waals surface area contributed by atoms with Crippen LogP contribution in [0, 0.1) is 0 Å². The zero-order chi connectivity index (χ0) is 9.61. The third kappa shape index (κ3) is 4.04. The van der Waals surface area contributed by atoms with Gasteiger partial charge in [-0.05, 0) is 12.8 Å². The minimum atomic E-state index is -1.67. The van der Waals surface area contributed by atoms with Crippen molar-refractivity contribution in [1.29, 1.82) is 0 Å². The highest BCUT2D eigenvalue weighted by Gasteiger charge is 2.28. The fourth-order valence-electron chi connectivity index (χ4n) is 1.11. The first-order valence-electron chi connectivity index (χ1n) is 4.75. The van der Waals surface area contributed by atoms with Crippen molar-refractivity contribution in [1.82, 2.24) is 0 Å². The normalized spacial score (nSPS) is 14.8. The summed E-state index contributed by atoms with van der Waals surface area (Å²) in [6, 6.07) is -0.506. The van der Waals surface area contributed by atoms with E-state index < -0.39 is 11.8 Å². The van der Waals surface area contributed by atoms with Gasteiger partial charge in [0, 0.05) is 0 Å². The average Bonchev–Trinajstić information content (AvgIpc) is 2.05. The zero-order valence-electron chi connectivity index (χ0n) is 8.08. The van der Waals surface area contributed by atoms with Crippen LogP contribution in [0.4, 0.5) is 0 Å². The van der Waals surface area contributed by atoms with Gasteiger partial charge < -0.3 is 15.9 Å². The summed E-state index contributed by atoms with van der Waals surface area (Å²) in [7, 11) is 0. The predicted octanol–water partition coefficient (Wildman–Crippen LogP) is 0.985. The first-order valence-corrected chi connectivity index (χ1v) is 4.75. The van der Waals surface area contributed by atoms with E-state index >= 15 is 0 Å². The van der Waals surface area contributed by atoms with E-state index in [-0.39, 0.29) is 0 Å². The maximum Gasteiger partial charge on any atom is 0.177 e. The topological polar surface area (TPSA) is 66.5 Å². The molecule has 0 spiro atoms. The molecule has 12 heavy (non-hydrogen) atoms. The molecule has 0 aliphatic rings. The molecule has 0 aromatic heterocycles. The Labute approximate surface area is 74.6 Å². The molecule has 0 saturated carbocycles. The summed E-state index contributed by atoms with van der Waals surface area (Å²) >= 11 is 0. The van der Waals surface area contributed by atoms with Crippen molar-refractivity contribution in [2.45, 2.75) is 57.8 Å². The number of hydrogen-bond acceptors (Lipinski definition) is 3. The molecular weight excluding hydrogens is 154 g/mol. The van der Waals surface area contributed by atoms with Crippen LogP contribution < -0.4 is 5.73 Å². The van der Waals surface area contributed by atoms with Gasteiger partial charge in [0.1, 0.15) is 0 Å². The summed E-state index contributed by atoms with van der Waals surface area (Å²) in [6.07, 6.45) is 4.19. The van der Waals surface area contributed by atoms with Crippen LogP contribution in [0.1, 0.15) is 46.0 Å². The molecule has 4 N–H and O–H groups in total. The highest BCUT2D eigenvalue weighted by molar-refractivity contribution is 4.77. The number of unbranched alkanes of at least 4 members (excludes halogenated alkanes) is 2. The lowest BCUT2D eigenvalue weighted by Gasteiger charge is -2.27. The monoisotopic (exact) mass is 175 g/mol. The van der Waals surface area contributed by atoms with Crippen LogP contribution in [-0.4, -0.2) is 22.0 Å². The number of nitrogens with two attached hydrogens (primary N) is 1. The fourth-order valence-corrected chi connectivity index (χ4v) is 1.11. The smallest absolute Gasteiger partial charge is 0.177 e. The lowest BCUT2D eigenvalue weighted by atomic mass is 9.99.